The number of aromatic nitrogens is 2. The van der Waals surface area contributed by atoms with E-state index in [9.17, 15) is 32.3 Å². The van der Waals surface area contributed by atoms with Gasteiger partial charge in [0.1, 0.15) is 11.6 Å². The third-order valence-corrected chi connectivity index (χ3v) is 4.22. The Kier molecular flexibility index (Phi) is 5.59. The molecule has 0 spiro atoms. The largest absolute Gasteiger partial charge is 0.501 e. The Bertz CT molecular complexity index is 1160. The molecule has 3 N–H and O–H groups in total. The number of alkyl halides is 3. The monoisotopic (exact) mass is 421 g/mol. The predicted octanol–water partition coefficient (Wildman–Crippen LogP) is 3.54. The Labute approximate surface area is 167 Å². The van der Waals surface area contributed by atoms with Crippen LogP contribution in [-0.4, -0.2) is 21.0 Å². The third kappa shape index (κ3) is 4.48. The average Bonchev–Trinajstić information content (AvgIpc) is 2.68. The van der Waals surface area contributed by atoms with E-state index < -0.39 is 47.0 Å². The molecule has 30 heavy (non-hydrogen) atoms. The lowest BCUT2D eigenvalue weighted by atomic mass is 10.1. The van der Waals surface area contributed by atoms with Gasteiger partial charge in [0.15, 0.2) is 5.69 Å². The first-order chi connectivity index (χ1) is 14.1. The number of carbonyl (C=O) groups excluding carboxylic acids is 1. The third-order valence-electron chi connectivity index (χ3n) is 4.22. The minimum absolute atomic E-state index is 0.0276. The molecule has 1 amide bonds. The standard InChI is InChI=1S/C20H15F4N3O3/c1-10-2-5-12(6-3-10)17-26-15(16(28)19(30)27-17)18(29)25-9-11-4-7-14(21)13(8-11)20(22,23)24/h2-8,28H,9H2,1H3,(H,25,29)(H,26,27,30). The van der Waals surface area contributed by atoms with E-state index in [0.717, 1.165) is 11.6 Å². The predicted molar refractivity (Wildman–Crippen MR) is 99.3 cm³/mol. The van der Waals surface area contributed by atoms with Crippen LogP contribution in [-0.2, 0) is 12.7 Å². The number of halogens is 4. The van der Waals surface area contributed by atoms with E-state index in [2.05, 4.69) is 15.3 Å². The van der Waals surface area contributed by atoms with Crippen molar-refractivity contribution >= 4 is 5.91 Å². The Hall–Kier alpha value is -3.69. The highest BCUT2D eigenvalue weighted by molar-refractivity contribution is 5.95. The zero-order chi connectivity index (χ0) is 22.1. The Morgan fingerprint density at radius 3 is 2.47 bits per heavy atom. The summed E-state index contributed by atoms with van der Waals surface area (Å²) in [6, 6.07) is 9.12. The normalized spacial score (nSPS) is 11.4. The summed E-state index contributed by atoms with van der Waals surface area (Å²) in [5, 5.41) is 12.2. The molecule has 0 atom stereocenters. The maximum absolute atomic E-state index is 13.4. The van der Waals surface area contributed by atoms with E-state index in [1.807, 2.05) is 6.92 Å². The van der Waals surface area contributed by atoms with E-state index in [4.69, 9.17) is 0 Å². The fourth-order valence-electron chi connectivity index (χ4n) is 2.64. The van der Waals surface area contributed by atoms with Crippen molar-refractivity contribution in [2.45, 2.75) is 19.6 Å². The minimum atomic E-state index is -4.89. The summed E-state index contributed by atoms with van der Waals surface area (Å²) in [5.41, 5.74) is -1.59. The number of nitrogens with one attached hydrogen (secondary N) is 2. The van der Waals surface area contributed by atoms with Gasteiger partial charge in [-0.2, -0.15) is 13.2 Å². The lowest BCUT2D eigenvalue weighted by Gasteiger charge is -2.11. The smallest absolute Gasteiger partial charge is 0.419 e. The van der Waals surface area contributed by atoms with Crippen LogP contribution in [0.1, 0.15) is 27.2 Å². The first-order valence-corrected chi connectivity index (χ1v) is 8.60. The van der Waals surface area contributed by atoms with E-state index >= 15 is 0 Å². The highest BCUT2D eigenvalue weighted by atomic mass is 19.4. The number of nitrogens with zero attached hydrogens (tertiary/aromatic N) is 1. The van der Waals surface area contributed by atoms with Crippen LogP contribution in [0.15, 0.2) is 47.3 Å². The molecule has 6 nitrogen and oxygen atoms in total. The molecular weight excluding hydrogens is 406 g/mol. The second-order valence-electron chi connectivity index (χ2n) is 6.47. The maximum Gasteiger partial charge on any atom is 0.419 e. The lowest BCUT2D eigenvalue weighted by Crippen LogP contribution is -2.27. The number of benzene rings is 2. The van der Waals surface area contributed by atoms with E-state index in [1.165, 1.54) is 0 Å². The number of hydrogen-bond acceptors (Lipinski definition) is 4. The van der Waals surface area contributed by atoms with Gasteiger partial charge in [0.05, 0.1) is 5.56 Å². The summed E-state index contributed by atoms with van der Waals surface area (Å²) in [6.45, 7) is 1.45. The Morgan fingerprint density at radius 1 is 1.17 bits per heavy atom. The molecule has 0 aliphatic carbocycles. The van der Waals surface area contributed by atoms with Crippen LogP contribution in [0.5, 0.6) is 5.75 Å². The molecule has 2 aromatic carbocycles. The molecule has 0 saturated carbocycles. The van der Waals surface area contributed by atoms with Crippen LogP contribution < -0.4 is 10.9 Å². The SMILES string of the molecule is Cc1ccc(-c2nc(C(=O)NCc3ccc(F)c(C(F)(F)F)c3)c(O)c(=O)[nH]2)cc1. The summed E-state index contributed by atoms with van der Waals surface area (Å²) < 4.78 is 51.8. The zero-order valence-electron chi connectivity index (χ0n) is 15.5. The fraction of sp³-hybridized carbons (Fsp3) is 0.150. The number of aryl methyl sites for hydroxylation is 1. The van der Waals surface area contributed by atoms with Crippen molar-refractivity contribution in [3.8, 4) is 17.1 Å². The van der Waals surface area contributed by atoms with Gasteiger partial charge in [-0.3, -0.25) is 9.59 Å². The molecule has 0 fully saturated rings. The highest BCUT2D eigenvalue weighted by Gasteiger charge is 2.34. The molecule has 0 aliphatic rings. The number of aromatic hydroxyl groups is 1. The van der Waals surface area contributed by atoms with Gasteiger partial charge >= 0.3 is 6.18 Å². The van der Waals surface area contributed by atoms with Gasteiger partial charge in [-0.15, -0.1) is 0 Å². The molecule has 0 bridgehead atoms. The topological polar surface area (TPSA) is 95.1 Å². The van der Waals surface area contributed by atoms with Gasteiger partial charge in [-0.05, 0) is 24.6 Å². The number of hydrogen-bond donors (Lipinski definition) is 3. The van der Waals surface area contributed by atoms with Crippen molar-refractivity contribution in [2.24, 2.45) is 0 Å². The first kappa shape index (κ1) is 21.0. The summed E-state index contributed by atoms with van der Waals surface area (Å²) in [7, 11) is 0. The molecule has 10 heteroatoms. The fourth-order valence-corrected chi connectivity index (χ4v) is 2.64. The molecule has 0 radical (unpaired) electrons. The van der Waals surface area contributed by atoms with Gasteiger partial charge in [0.2, 0.25) is 5.75 Å². The van der Waals surface area contributed by atoms with Crippen molar-refractivity contribution in [3.63, 3.8) is 0 Å². The number of H-pyrrole nitrogens is 1. The van der Waals surface area contributed by atoms with E-state index in [0.29, 0.717) is 17.7 Å². The number of amides is 1. The molecule has 0 saturated heterocycles. The van der Waals surface area contributed by atoms with Crippen molar-refractivity contribution in [3.05, 3.63) is 81.0 Å². The molecule has 156 valence electrons. The second-order valence-corrected chi connectivity index (χ2v) is 6.47. The lowest BCUT2D eigenvalue weighted by molar-refractivity contribution is -0.140. The molecule has 3 aromatic rings. The maximum atomic E-state index is 13.4. The van der Waals surface area contributed by atoms with Crippen LogP contribution in [0.2, 0.25) is 0 Å². The minimum Gasteiger partial charge on any atom is -0.501 e. The average molecular weight is 421 g/mol. The van der Waals surface area contributed by atoms with Gasteiger partial charge < -0.3 is 15.4 Å². The van der Waals surface area contributed by atoms with Crippen LogP contribution in [0.25, 0.3) is 11.4 Å². The molecule has 1 heterocycles. The van der Waals surface area contributed by atoms with Crippen LogP contribution in [0.3, 0.4) is 0 Å². The number of rotatable bonds is 4. The quantitative estimate of drug-likeness (QED) is 0.562. The van der Waals surface area contributed by atoms with Crippen LogP contribution in [0, 0.1) is 12.7 Å². The van der Waals surface area contributed by atoms with Crippen molar-refractivity contribution < 1.29 is 27.5 Å². The number of carbonyl (C=O) groups is 1. The van der Waals surface area contributed by atoms with E-state index in [-0.39, 0.29) is 11.4 Å². The highest BCUT2D eigenvalue weighted by Crippen LogP contribution is 2.31. The Balaban J connectivity index is 1.85. The summed E-state index contributed by atoms with van der Waals surface area (Å²) in [4.78, 5) is 30.7. The first-order valence-electron chi connectivity index (χ1n) is 8.60. The molecule has 0 unspecified atom stereocenters. The van der Waals surface area contributed by atoms with Gasteiger partial charge in [0, 0.05) is 12.1 Å². The zero-order valence-corrected chi connectivity index (χ0v) is 15.5. The molecular formula is C20H15F4N3O3. The molecule has 0 aliphatic heterocycles. The van der Waals surface area contributed by atoms with Crippen LogP contribution >= 0.6 is 0 Å². The van der Waals surface area contributed by atoms with Crippen molar-refractivity contribution in [1.82, 2.24) is 15.3 Å². The summed E-state index contributed by atoms with van der Waals surface area (Å²) >= 11 is 0. The second kappa shape index (κ2) is 7.97. The summed E-state index contributed by atoms with van der Waals surface area (Å²) in [5.74, 6) is -3.32. The summed E-state index contributed by atoms with van der Waals surface area (Å²) in [6.07, 6.45) is -4.89. The number of aromatic amines is 1. The van der Waals surface area contributed by atoms with Crippen LogP contribution in [0.4, 0.5) is 17.6 Å². The van der Waals surface area contributed by atoms with Crippen molar-refractivity contribution in [2.75, 3.05) is 0 Å². The van der Waals surface area contributed by atoms with Gasteiger partial charge in [-0.1, -0.05) is 35.9 Å². The molecule has 3 rings (SSSR count). The Morgan fingerprint density at radius 2 is 1.83 bits per heavy atom. The van der Waals surface area contributed by atoms with Crippen molar-refractivity contribution in [1.29, 1.82) is 0 Å². The van der Waals surface area contributed by atoms with E-state index in [1.54, 1.807) is 24.3 Å². The van der Waals surface area contributed by atoms with Gasteiger partial charge in [-0.25, -0.2) is 9.37 Å². The molecule has 1 aromatic heterocycles. The van der Waals surface area contributed by atoms with Gasteiger partial charge in [0.25, 0.3) is 11.5 Å².